The number of carbonyl (C=O) groups is 1. The number of anilines is 1. The molecule has 1 aromatic rings. The van der Waals surface area contributed by atoms with Crippen LogP contribution in [-0.2, 0) is 4.79 Å². The molecule has 0 aliphatic carbocycles. The number of amides is 1. The average Bonchev–Trinajstić information content (AvgIpc) is 2.52. The molecule has 1 aliphatic heterocycles. The number of carbonyl (C=O) groups excluding carboxylic acids is 1. The number of alkyl halides is 3. The second kappa shape index (κ2) is 6.86. The van der Waals surface area contributed by atoms with Gasteiger partial charge in [0.1, 0.15) is 17.4 Å². The Morgan fingerprint density at radius 1 is 1.35 bits per heavy atom. The first-order valence-corrected chi connectivity index (χ1v) is 7.11. The number of hydrogen-bond donors (Lipinski definition) is 1. The monoisotopic (exact) mass is 329 g/mol. The smallest absolute Gasteiger partial charge is 0.384 e. The minimum atomic E-state index is -4.84. The van der Waals surface area contributed by atoms with Crippen LogP contribution in [0, 0.1) is 23.1 Å². The molecule has 1 aliphatic rings. The first-order chi connectivity index (χ1) is 10.8. The molecule has 4 nitrogen and oxygen atoms in total. The number of nitriles is 1. The third-order valence-corrected chi connectivity index (χ3v) is 3.85. The Labute approximate surface area is 130 Å². The minimum Gasteiger partial charge on any atom is -0.384 e. The van der Waals surface area contributed by atoms with E-state index in [2.05, 4.69) is 5.32 Å². The third-order valence-electron chi connectivity index (χ3n) is 3.85. The second-order valence-corrected chi connectivity index (χ2v) is 5.39. The molecule has 8 heteroatoms. The van der Waals surface area contributed by atoms with Crippen molar-refractivity contribution in [2.24, 2.45) is 5.92 Å². The maximum absolute atomic E-state index is 13.5. The van der Waals surface area contributed by atoms with Gasteiger partial charge in [0.2, 0.25) is 0 Å². The van der Waals surface area contributed by atoms with Gasteiger partial charge in [-0.15, -0.1) is 0 Å². The maximum Gasteiger partial charge on any atom is 0.471 e. The van der Waals surface area contributed by atoms with Crippen LogP contribution in [0.5, 0.6) is 0 Å². The first kappa shape index (κ1) is 17.1. The summed E-state index contributed by atoms with van der Waals surface area (Å²) in [7, 11) is 0. The topological polar surface area (TPSA) is 56.1 Å². The van der Waals surface area contributed by atoms with Gasteiger partial charge in [0.15, 0.2) is 0 Å². The zero-order valence-electron chi connectivity index (χ0n) is 12.2. The standard InChI is InChI=1S/C15H15F4N3O/c16-12-2-1-3-13(11(12)8-20)21-9-10-4-6-22(7-5-10)14(23)15(17,18)19/h1-3,10,21H,4-7,9H2. The molecular formula is C15H15F4N3O. The highest BCUT2D eigenvalue weighted by molar-refractivity contribution is 5.81. The summed E-state index contributed by atoms with van der Waals surface area (Å²) in [6.07, 6.45) is -3.99. The molecule has 1 aromatic carbocycles. The Kier molecular flexibility index (Phi) is 5.08. The summed E-state index contributed by atoms with van der Waals surface area (Å²) < 4.78 is 50.5. The minimum absolute atomic E-state index is 0.0406. The number of rotatable bonds is 3. The zero-order valence-corrected chi connectivity index (χ0v) is 12.2. The summed E-state index contributed by atoms with van der Waals surface area (Å²) in [5.74, 6) is -2.37. The van der Waals surface area contributed by atoms with Crippen LogP contribution in [0.25, 0.3) is 0 Å². The Hall–Kier alpha value is -2.30. The number of halogens is 4. The van der Waals surface area contributed by atoms with E-state index in [1.54, 1.807) is 12.1 Å². The quantitative estimate of drug-likeness (QED) is 0.868. The van der Waals surface area contributed by atoms with Gasteiger partial charge in [-0.25, -0.2) is 4.39 Å². The molecule has 1 heterocycles. The molecule has 0 unspecified atom stereocenters. The van der Waals surface area contributed by atoms with Gasteiger partial charge in [-0.1, -0.05) is 6.07 Å². The summed E-state index contributed by atoms with van der Waals surface area (Å²) in [6, 6.07) is 6.01. The van der Waals surface area contributed by atoms with E-state index in [-0.39, 0.29) is 24.6 Å². The van der Waals surface area contributed by atoms with E-state index in [1.807, 2.05) is 0 Å². The van der Waals surface area contributed by atoms with E-state index in [9.17, 15) is 22.4 Å². The van der Waals surface area contributed by atoms with Gasteiger partial charge in [0.05, 0.1) is 5.69 Å². The number of nitrogens with zero attached hydrogens (tertiary/aromatic N) is 2. The molecular weight excluding hydrogens is 314 g/mol. The molecule has 1 N–H and O–H groups in total. The highest BCUT2D eigenvalue weighted by atomic mass is 19.4. The van der Waals surface area contributed by atoms with Crippen molar-refractivity contribution in [2.75, 3.05) is 25.0 Å². The zero-order chi connectivity index (χ0) is 17.0. The molecule has 0 aromatic heterocycles. The number of piperidine rings is 1. The summed E-state index contributed by atoms with van der Waals surface area (Å²) in [5, 5.41) is 11.9. The van der Waals surface area contributed by atoms with E-state index in [1.165, 1.54) is 12.1 Å². The predicted octanol–water partition coefficient (Wildman–Crippen LogP) is 2.91. The number of likely N-dealkylation sites (tertiary alicyclic amines) is 1. The van der Waals surface area contributed by atoms with Crippen molar-refractivity contribution in [1.29, 1.82) is 5.26 Å². The SMILES string of the molecule is N#Cc1c(F)cccc1NCC1CCN(C(=O)C(F)(F)F)CC1. The number of benzene rings is 1. The van der Waals surface area contributed by atoms with Crippen molar-refractivity contribution >= 4 is 11.6 Å². The van der Waals surface area contributed by atoms with E-state index in [0.29, 0.717) is 25.1 Å². The van der Waals surface area contributed by atoms with Crippen LogP contribution in [0.1, 0.15) is 18.4 Å². The molecule has 0 saturated carbocycles. The van der Waals surface area contributed by atoms with Crippen molar-refractivity contribution in [1.82, 2.24) is 4.90 Å². The van der Waals surface area contributed by atoms with Crippen molar-refractivity contribution in [3.8, 4) is 6.07 Å². The van der Waals surface area contributed by atoms with Crippen molar-refractivity contribution in [3.63, 3.8) is 0 Å². The summed E-state index contributed by atoms with van der Waals surface area (Å²) in [5.41, 5.74) is 0.276. The van der Waals surface area contributed by atoms with E-state index in [4.69, 9.17) is 5.26 Å². The average molecular weight is 329 g/mol. The first-order valence-electron chi connectivity index (χ1n) is 7.11. The van der Waals surface area contributed by atoms with Crippen LogP contribution in [0.3, 0.4) is 0 Å². The van der Waals surface area contributed by atoms with Gasteiger partial charge in [-0.2, -0.15) is 18.4 Å². The van der Waals surface area contributed by atoms with E-state index >= 15 is 0 Å². The third kappa shape index (κ3) is 4.12. The number of hydrogen-bond acceptors (Lipinski definition) is 3. The van der Waals surface area contributed by atoms with Gasteiger partial charge in [-0.3, -0.25) is 4.79 Å². The van der Waals surface area contributed by atoms with E-state index in [0.717, 1.165) is 4.90 Å². The lowest BCUT2D eigenvalue weighted by Crippen LogP contribution is -2.46. The fourth-order valence-corrected chi connectivity index (χ4v) is 2.56. The number of nitrogens with one attached hydrogen (secondary N) is 1. The van der Waals surface area contributed by atoms with Gasteiger partial charge >= 0.3 is 12.1 Å². The van der Waals surface area contributed by atoms with Crippen LogP contribution >= 0.6 is 0 Å². The van der Waals surface area contributed by atoms with E-state index < -0.39 is 17.9 Å². The van der Waals surface area contributed by atoms with Crippen molar-refractivity contribution < 1.29 is 22.4 Å². The fourth-order valence-electron chi connectivity index (χ4n) is 2.56. The van der Waals surface area contributed by atoms with Gasteiger partial charge < -0.3 is 10.2 Å². The Morgan fingerprint density at radius 3 is 2.57 bits per heavy atom. The molecule has 124 valence electrons. The lowest BCUT2D eigenvalue weighted by Gasteiger charge is -2.32. The van der Waals surface area contributed by atoms with Gasteiger partial charge in [-0.05, 0) is 30.9 Å². The van der Waals surface area contributed by atoms with Crippen LogP contribution in [0.15, 0.2) is 18.2 Å². The Balaban J connectivity index is 1.88. The highest BCUT2D eigenvalue weighted by Crippen LogP contribution is 2.25. The van der Waals surface area contributed by atoms with Crippen LogP contribution in [0.2, 0.25) is 0 Å². The fraction of sp³-hybridized carbons (Fsp3) is 0.467. The lowest BCUT2D eigenvalue weighted by molar-refractivity contribution is -0.186. The molecule has 2 rings (SSSR count). The van der Waals surface area contributed by atoms with Gasteiger partial charge in [0.25, 0.3) is 0 Å². The predicted molar refractivity (Wildman–Crippen MR) is 75.0 cm³/mol. The summed E-state index contributed by atoms with van der Waals surface area (Å²) in [4.78, 5) is 11.9. The molecule has 1 saturated heterocycles. The Morgan fingerprint density at radius 2 is 2.00 bits per heavy atom. The Bertz CT molecular complexity index is 616. The van der Waals surface area contributed by atoms with Crippen LogP contribution in [0.4, 0.5) is 23.2 Å². The highest BCUT2D eigenvalue weighted by Gasteiger charge is 2.43. The second-order valence-electron chi connectivity index (χ2n) is 5.39. The largest absolute Gasteiger partial charge is 0.471 e. The van der Waals surface area contributed by atoms with Crippen LogP contribution < -0.4 is 5.32 Å². The molecule has 23 heavy (non-hydrogen) atoms. The lowest BCUT2D eigenvalue weighted by atomic mass is 9.96. The summed E-state index contributed by atoms with van der Waals surface area (Å²) in [6.45, 7) is 0.490. The molecule has 0 radical (unpaired) electrons. The normalized spacial score (nSPS) is 16.0. The molecule has 0 bridgehead atoms. The molecule has 1 fully saturated rings. The van der Waals surface area contributed by atoms with Crippen LogP contribution in [-0.4, -0.2) is 36.6 Å². The molecule has 0 spiro atoms. The van der Waals surface area contributed by atoms with Crippen molar-refractivity contribution in [3.05, 3.63) is 29.6 Å². The van der Waals surface area contributed by atoms with Crippen molar-refractivity contribution in [2.45, 2.75) is 19.0 Å². The molecule has 0 atom stereocenters. The molecule has 1 amide bonds. The summed E-state index contributed by atoms with van der Waals surface area (Å²) >= 11 is 0. The maximum atomic E-state index is 13.5. The van der Waals surface area contributed by atoms with Gasteiger partial charge in [0, 0.05) is 19.6 Å².